The van der Waals surface area contributed by atoms with Crippen LogP contribution in [0.5, 0.6) is 0 Å². The normalized spacial score (nSPS) is 37.5. The van der Waals surface area contributed by atoms with Crippen molar-refractivity contribution in [3.63, 3.8) is 0 Å². The van der Waals surface area contributed by atoms with E-state index in [0.29, 0.717) is 4.57 Å². The zero-order valence-corrected chi connectivity index (χ0v) is 24.5. The Balaban J connectivity index is 0.00000221. The first-order chi connectivity index (χ1) is 19.8. The summed E-state index contributed by atoms with van der Waals surface area (Å²) in [5, 5.41) is 0. The van der Waals surface area contributed by atoms with Gasteiger partial charge >= 0.3 is 5.69 Å². The summed E-state index contributed by atoms with van der Waals surface area (Å²) in [4.78, 5) is 62.5. The molecule has 3 fully saturated rings. The second kappa shape index (κ2) is 12.3. The van der Waals surface area contributed by atoms with Crippen molar-refractivity contribution in [1.82, 2.24) is 29.1 Å². The van der Waals surface area contributed by atoms with Crippen molar-refractivity contribution in [2.24, 2.45) is 0 Å². The molecule has 10 atom stereocenters. The number of nitrogen functional groups attached to an aromatic ring is 1. The number of imidazole rings is 1. The van der Waals surface area contributed by atoms with Gasteiger partial charge in [-0.05, 0) is 0 Å². The highest BCUT2D eigenvalue weighted by Gasteiger charge is 2.52. The van der Waals surface area contributed by atoms with Gasteiger partial charge in [0.2, 0.25) is 0 Å². The third-order valence-corrected chi connectivity index (χ3v) is 8.55. The van der Waals surface area contributed by atoms with Crippen molar-refractivity contribution in [3.8, 4) is 0 Å². The Kier molecular flexibility index (Phi) is 9.39. The van der Waals surface area contributed by atoms with E-state index < -0.39 is 89.3 Å². The predicted molar refractivity (Wildman–Crippen MR) is 138 cm³/mol. The number of aromatic amines is 1. The van der Waals surface area contributed by atoms with Gasteiger partial charge < -0.3 is 43.1 Å². The molecule has 0 aliphatic carbocycles. The SMILES string of the molecule is Nc1ncnc2c1ncn2[C@@H]1O[C@@H]2COP(=O)([O-])O[C@H]3[C@@H](F)[C@H](n4ccc(=O)[nH]c4=O)O[C@@H]3COP(=O)([O-])O[C@H]2[C@H]1F.[CH3+].[CH3+]. The van der Waals surface area contributed by atoms with Crippen molar-refractivity contribution in [1.29, 1.82) is 0 Å². The molecule has 0 amide bonds. The first-order valence-electron chi connectivity index (χ1n) is 11.9. The number of nitrogens with one attached hydrogen (secondary N) is 1. The van der Waals surface area contributed by atoms with Gasteiger partial charge in [-0.3, -0.25) is 28.0 Å². The molecule has 3 N–H and O–H groups in total. The highest BCUT2D eigenvalue weighted by atomic mass is 31.2. The van der Waals surface area contributed by atoms with E-state index in [1.807, 2.05) is 4.98 Å². The topological polar surface area (TPSA) is 260 Å². The molecule has 44 heavy (non-hydrogen) atoms. The highest BCUT2D eigenvalue weighted by molar-refractivity contribution is 7.46. The van der Waals surface area contributed by atoms with Crippen molar-refractivity contribution in [2.75, 3.05) is 18.9 Å². The lowest BCUT2D eigenvalue weighted by Crippen LogP contribution is -2.39. The average Bonchev–Trinajstić information content (AvgIpc) is 3.57. The van der Waals surface area contributed by atoms with E-state index in [1.54, 1.807) is 0 Å². The number of rotatable bonds is 2. The standard InChI is InChI=1S/C19H21F2N7O12P2.2CH3/c20-10-13-7(37-17(10)27-2-1-9(29)26-19(27)30)3-35-42(33,34)40-14-8(4-36-41(31,32)39-13)38-18(11(14)21)28-6-25-12-15(22)23-5-24-16(12)28;;/h1-2,5-8,10-11,13-14,17-18H,3-4H2,(H,31,32)(H,33,34)(H2,22,23,24)(H,26,29,30);2*1H3/q;2*+1/p-2/t7-,8-,10-,11-,13-,14-,17-,18-;;/m1../s1. The average molecular weight is 667 g/mol. The highest BCUT2D eigenvalue weighted by Crippen LogP contribution is 2.51. The lowest BCUT2D eigenvalue weighted by Gasteiger charge is -2.34. The van der Waals surface area contributed by atoms with Crippen LogP contribution in [0.3, 0.4) is 0 Å². The minimum absolute atomic E-state index is 0. The Morgan fingerprint density at radius 3 is 2.00 bits per heavy atom. The quantitative estimate of drug-likeness (QED) is 0.247. The number of H-pyrrole nitrogens is 1. The molecule has 3 aromatic rings. The fourth-order valence-corrected chi connectivity index (χ4v) is 6.61. The van der Waals surface area contributed by atoms with E-state index in [9.17, 15) is 28.5 Å². The van der Waals surface area contributed by atoms with Crippen molar-refractivity contribution >= 4 is 32.6 Å². The molecular formula is C21H25F2N7O12P2. The van der Waals surface area contributed by atoms with Gasteiger partial charge in [-0.2, -0.15) is 0 Å². The van der Waals surface area contributed by atoms with E-state index >= 15 is 8.78 Å². The fourth-order valence-electron chi connectivity index (χ4n) is 4.73. The van der Waals surface area contributed by atoms with Gasteiger partial charge in [0, 0.05) is 27.1 Å². The van der Waals surface area contributed by atoms with E-state index in [1.165, 1.54) is 0 Å². The zero-order valence-electron chi connectivity index (χ0n) is 22.7. The van der Waals surface area contributed by atoms with Gasteiger partial charge in [0.25, 0.3) is 21.2 Å². The molecule has 3 aromatic heterocycles. The summed E-state index contributed by atoms with van der Waals surface area (Å²) in [6.45, 7) is -2.12. The number of hydrogen-bond acceptors (Lipinski definition) is 16. The van der Waals surface area contributed by atoms with Crippen LogP contribution in [-0.4, -0.2) is 79.0 Å². The van der Waals surface area contributed by atoms with Gasteiger partial charge in [0.1, 0.15) is 36.3 Å². The minimum atomic E-state index is -5.44. The van der Waals surface area contributed by atoms with Crippen molar-refractivity contribution in [2.45, 2.75) is 49.2 Å². The van der Waals surface area contributed by atoms with Crippen LogP contribution < -0.4 is 26.8 Å². The molecule has 0 saturated carbocycles. The molecule has 3 aliphatic heterocycles. The monoisotopic (exact) mass is 667 g/mol. The summed E-state index contributed by atoms with van der Waals surface area (Å²) >= 11 is 0. The number of phosphoric ester groups is 2. The Morgan fingerprint density at radius 1 is 0.909 bits per heavy atom. The molecule has 3 aliphatic rings. The number of anilines is 1. The van der Waals surface area contributed by atoms with Crippen LogP contribution >= 0.6 is 15.6 Å². The Bertz CT molecular complexity index is 1720. The number of hydrogen-bond donors (Lipinski definition) is 2. The van der Waals surface area contributed by atoms with Gasteiger partial charge in [-0.15, -0.1) is 0 Å². The minimum Gasteiger partial charge on any atom is -0.756 e. The molecule has 240 valence electrons. The van der Waals surface area contributed by atoms with Crippen molar-refractivity contribution in [3.05, 3.63) is 60.6 Å². The van der Waals surface area contributed by atoms with Crippen LogP contribution in [0.4, 0.5) is 14.6 Å². The van der Waals surface area contributed by atoms with Crippen LogP contribution in [0.2, 0.25) is 0 Å². The number of aromatic nitrogens is 6. The van der Waals surface area contributed by atoms with Gasteiger partial charge in [-0.25, -0.2) is 28.5 Å². The van der Waals surface area contributed by atoms with Crippen LogP contribution in [0.15, 0.2) is 34.5 Å². The first kappa shape index (κ1) is 33.7. The molecule has 0 radical (unpaired) electrons. The van der Waals surface area contributed by atoms with Crippen molar-refractivity contribution < 1.29 is 55.3 Å². The molecule has 19 nitrogen and oxygen atoms in total. The molecule has 3 saturated heterocycles. The van der Waals surface area contributed by atoms with E-state index in [2.05, 4.69) is 15.0 Å². The summed E-state index contributed by atoms with van der Waals surface area (Å²) in [6, 6.07) is 0.870. The van der Waals surface area contributed by atoms with Gasteiger partial charge in [0.05, 0.1) is 19.5 Å². The number of alkyl halides is 2. The van der Waals surface area contributed by atoms with Crippen LogP contribution in [-0.2, 0) is 36.7 Å². The second-order valence-corrected chi connectivity index (χ2v) is 12.0. The maximum Gasteiger partial charge on any atom is 0.330 e. The Labute approximate surface area is 246 Å². The predicted octanol–water partition coefficient (Wildman–Crippen LogP) is -0.916. The molecule has 0 aromatic carbocycles. The molecule has 23 heteroatoms. The van der Waals surface area contributed by atoms with Gasteiger partial charge in [0.15, 0.2) is 36.3 Å². The Morgan fingerprint density at radius 2 is 1.45 bits per heavy atom. The number of fused-ring (bicyclic) bond motifs is 3. The summed E-state index contributed by atoms with van der Waals surface area (Å²) in [6.07, 6.45) is -12.7. The maximum atomic E-state index is 15.7. The summed E-state index contributed by atoms with van der Waals surface area (Å²) in [5.41, 5.74) is 3.93. The Hall–Kier alpha value is -3.23. The van der Waals surface area contributed by atoms with E-state index in [4.69, 9.17) is 33.3 Å². The number of phosphoric acid groups is 2. The third kappa shape index (κ3) is 6.16. The fraction of sp³-hybridized carbons (Fsp3) is 0.476. The van der Waals surface area contributed by atoms with Gasteiger partial charge in [-0.1, -0.05) is 0 Å². The number of nitrogens with two attached hydrogens (primary N) is 1. The molecule has 2 unspecified atom stereocenters. The lowest BCUT2D eigenvalue weighted by molar-refractivity contribution is -0.244. The number of nitrogens with zero attached hydrogens (tertiary/aromatic N) is 5. The summed E-state index contributed by atoms with van der Waals surface area (Å²) in [7, 11) is -10.9. The number of halogens is 2. The van der Waals surface area contributed by atoms with Crippen LogP contribution in [0.1, 0.15) is 12.5 Å². The molecule has 0 spiro atoms. The van der Waals surface area contributed by atoms with Crippen LogP contribution in [0, 0.1) is 14.9 Å². The molecule has 6 heterocycles. The number of ether oxygens (including phenoxy) is 2. The largest absolute Gasteiger partial charge is 0.756 e. The van der Waals surface area contributed by atoms with E-state index in [-0.39, 0.29) is 31.8 Å². The van der Waals surface area contributed by atoms with E-state index in [0.717, 1.165) is 29.5 Å². The lowest BCUT2D eigenvalue weighted by atomic mass is 10.1. The molecule has 6 rings (SSSR count). The third-order valence-electron chi connectivity index (χ3n) is 6.62. The first-order valence-corrected chi connectivity index (χ1v) is 14.9. The molecule has 0 bridgehead atoms. The summed E-state index contributed by atoms with van der Waals surface area (Å²) < 4.78 is 88.5. The zero-order chi connectivity index (χ0) is 30.0. The van der Waals surface area contributed by atoms with Crippen LogP contribution in [0.25, 0.3) is 11.2 Å². The maximum absolute atomic E-state index is 15.7. The smallest absolute Gasteiger partial charge is 0.330 e. The molecular weight excluding hydrogens is 642 g/mol. The summed E-state index contributed by atoms with van der Waals surface area (Å²) in [5.74, 6) is -0.0354. The second-order valence-electron chi connectivity index (χ2n) is 9.25.